The van der Waals surface area contributed by atoms with Crippen molar-refractivity contribution in [3.8, 4) is 0 Å². The molecule has 0 heterocycles. The van der Waals surface area contributed by atoms with E-state index in [0.717, 1.165) is 0 Å². The van der Waals surface area contributed by atoms with Crippen molar-refractivity contribution in [3.05, 3.63) is 12.2 Å². The van der Waals surface area contributed by atoms with Crippen LogP contribution in [0.25, 0.3) is 0 Å². The average molecular weight is 184 g/mol. The molecule has 1 fully saturated rings. The fourth-order valence-electron chi connectivity index (χ4n) is 1.64. The monoisotopic (exact) mass is 184 g/mol. The summed E-state index contributed by atoms with van der Waals surface area (Å²) in [6.45, 7) is 7.00. The molecule has 0 radical (unpaired) electrons. The van der Waals surface area contributed by atoms with Gasteiger partial charge >= 0.3 is 0 Å². The lowest BCUT2D eigenvalue weighted by Crippen LogP contribution is -2.52. The lowest BCUT2D eigenvalue weighted by atomic mass is 9.73. The molecule has 0 aromatic rings. The molecule has 3 heteroatoms. The van der Waals surface area contributed by atoms with Gasteiger partial charge < -0.3 is 10.2 Å². The van der Waals surface area contributed by atoms with Gasteiger partial charge in [0, 0.05) is 0 Å². The van der Waals surface area contributed by atoms with Gasteiger partial charge in [-0.1, -0.05) is 13.5 Å². The number of aliphatic hydroxyl groups is 2. The van der Waals surface area contributed by atoms with Gasteiger partial charge in [-0.2, -0.15) is 0 Å². The van der Waals surface area contributed by atoms with Gasteiger partial charge in [-0.3, -0.25) is 4.79 Å². The smallest absolute Gasteiger partial charge is 0.197 e. The van der Waals surface area contributed by atoms with Crippen molar-refractivity contribution in [2.45, 2.75) is 38.4 Å². The maximum absolute atomic E-state index is 11.5. The van der Waals surface area contributed by atoms with Gasteiger partial charge in [-0.25, -0.2) is 0 Å². The van der Waals surface area contributed by atoms with E-state index in [4.69, 9.17) is 0 Å². The van der Waals surface area contributed by atoms with E-state index in [-0.39, 0.29) is 5.92 Å². The molecule has 0 spiro atoms. The number of ketones is 1. The van der Waals surface area contributed by atoms with Crippen LogP contribution in [0, 0.1) is 5.92 Å². The summed E-state index contributed by atoms with van der Waals surface area (Å²) in [5.41, 5.74) is -1.07. The molecule has 0 aromatic carbocycles. The fraction of sp³-hybridized carbons (Fsp3) is 0.700. The second-order valence-electron chi connectivity index (χ2n) is 3.97. The molecule has 1 saturated carbocycles. The topological polar surface area (TPSA) is 57.5 Å². The molecular formula is C10H16O3. The summed E-state index contributed by atoms with van der Waals surface area (Å²) in [5, 5.41) is 19.4. The Morgan fingerprint density at radius 3 is 2.69 bits per heavy atom. The van der Waals surface area contributed by atoms with E-state index in [1.807, 2.05) is 0 Å². The van der Waals surface area contributed by atoms with Crippen molar-refractivity contribution < 1.29 is 15.0 Å². The molecule has 1 rings (SSSR count). The number of hydrogen-bond donors (Lipinski definition) is 2. The van der Waals surface area contributed by atoms with Gasteiger partial charge in [0.05, 0.1) is 0 Å². The van der Waals surface area contributed by atoms with Gasteiger partial charge in [0.2, 0.25) is 0 Å². The van der Waals surface area contributed by atoms with Crippen LogP contribution < -0.4 is 0 Å². The number of Topliss-reactive ketones (excluding diaryl/α,β-unsaturated/α-hetero) is 1. The first-order chi connectivity index (χ1) is 5.89. The lowest BCUT2D eigenvalue weighted by Gasteiger charge is -2.36. The second-order valence-corrected chi connectivity index (χ2v) is 3.97. The summed E-state index contributed by atoms with van der Waals surface area (Å²) >= 11 is 0. The molecule has 13 heavy (non-hydrogen) atoms. The van der Waals surface area contributed by atoms with E-state index in [1.54, 1.807) is 13.8 Å². The highest BCUT2D eigenvalue weighted by molar-refractivity contribution is 5.94. The lowest BCUT2D eigenvalue weighted by molar-refractivity contribution is -0.151. The van der Waals surface area contributed by atoms with Gasteiger partial charge in [-0.05, 0) is 31.3 Å². The van der Waals surface area contributed by atoms with E-state index in [1.165, 1.54) is 0 Å². The van der Waals surface area contributed by atoms with Gasteiger partial charge in [0.1, 0.15) is 11.7 Å². The van der Waals surface area contributed by atoms with Crippen LogP contribution >= 0.6 is 0 Å². The Balaban J connectivity index is 2.92. The van der Waals surface area contributed by atoms with Crippen LogP contribution in [-0.4, -0.2) is 27.7 Å². The highest BCUT2D eigenvalue weighted by Crippen LogP contribution is 2.33. The third kappa shape index (κ3) is 1.54. The molecule has 2 N–H and O–H groups in total. The Bertz CT molecular complexity index is 247. The Morgan fingerprint density at radius 1 is 1.69 bits per heavy atom. The van der Waals surface area contributed by atoms with Gasteiger partial charge in [0.15, 0.2) is 5.78 Å². The van der Waals surface area contributed by atoms with Crippen molar-refractivity contribution in [1.29, 1.82) is 0 Å². The first kappa shape index (κ1) is 10.4. The summed E-state index contributed by atoms with van der Waals surface area (Å²) < 4.78 is 0. The molecule has 0 bridgehead atoms. The van der Waals surface area contributed by atoms with Crippen molar-refractivity contribution in [2.24, 2.45) is 5.92 Å². The number of aliphatic hydroxyl groups excluding tert-OH is 1. The van der Waals surface area contributed by atoms with Crippen LogP contribution in [0.1, 0.15) is 26.7 Å². The largest absolute Gasteiger partial charge is 0.385 e. The Kier molecular flexibility index (Phi) is 2.59. The summed E-state index contributed by atoms with van der Waals surface area (Å²) in [6, 6.07) is 0. The maximum Gasteiger partial charge on any atom is 0.197 e. The zero-order valence-corrected chi connectivity index (χ0v) is 8.08. The van der Waals surface area contributed by atoms with Crippen molar-refractivity contribution >= 4 is 5.78 Å². The minimum Gasteiger partial charge on any atom is -0.385 e. The predicted octanol–water partition coefficient (Wildman–Crippen LogP) is 0.653. The van der Waals surface area contributed by atoms with Crippen molar-refractivity contribution in [3.63, 3.8) is 0 Å². The third-order valence-corrected chi connectivity index (χ3v) is 2.88. The molecule has 0 aromatic heterocycles. The van der Waals surface area contributed by atoms with E-state index >= 15 is 0 Å². The minimum absolute atomic E-state index is 0.0628. The molecule has 3 nitrogen and oxygen atoms in total. The second kappa shape index (κ2) is 3.24. The first-order valence-electron chi connectivity index (χ1n) is 4.50. The van der Waals surface area contributed by atoms with Gasteiger partial charge in [0.25, 0.3) is 0 Å². The summed E-state index contributed by atoms with van der Waals surface area (Å²) in [4.78, 5) is 11.5. The average Bonchev–Trinajstić information content (AvgIpc) is 2.08. The highest BCUT2D eigenvalue weighted by Gasteiger charge is 2.45. The molecule has 0 saturated heterocycles. The highest BCUT2D eigenvalue weighted by atomic mass is 16.3. The number of hydrogen-bond acceptors (Lipinski definition) is 3. The summed E-state index contributed by atoms with van der Waals surface area (Å²) in [6.07, 6.45) is -0.0224. The van der Waals surface area contributed by atoms with Crippen LogP contribution in [-0.2, 0) is 4.79 Å². The van der Waals surface area contributed by atoms with E-state index in [0.29, 0.717) is 18.4 Å². The molecule has 3 unspecified atom stereocenters. The maximum atomic E-state index is 11.5. The number of rotatable bonds is 1. The quantitative estimate of drug-likeness (QED) is 0.588. The molecule has 74 valence electrons. The zero-order chi connectivity index (χ0) is 10.2. The Labute approximate surface area is 78.1 Å². The van der Waals surface area contributed by atoms with Gasteiger partial charge in [-0.15, -0.1) is 0 Å². The summed E-state index contributed by atoms with van der Waals surface area (Å²) in [5.74, 6) is -0.564. The van der Waals surface area contributed by atoms with Crippen molar-refractivity contribution in [2.75, 3.05) is 0 Å². The van der Waals surface area contributed by atoms with Crippen LogP contribution in [0.3, 0.4) is 0 Å². The molecule has 0 aliphatic heterocycles. The molecular weight excluding hydrogens is 168 g/mol. The summed E-state index contributed by atoms with van der Waals surface area (Å²) in [7, 11) is 0. The van der Waals surface area contributed by atoms with Crippen LogP contribution in [0.15, 0.2) is 12.2 Å². The van der Waals surface area contributed by atoms with Crippen LogP contribution in [0.2, 0.25) is 0 Å². The minimum atomic E-state index is -1.49. The molecule has 0 amide bonds. The normalized spacial score (nSPS) is 40.5. The SMILES string of the molecule is C=C(C)C1(O)CCC(C)C(O)C1=O. The molecule has 3 atom stereocenters. The Morgan fingerprint density at radius 2 is 2.23 bits per heavy atom. The number of carbonyl (C=O) groups is 1. The molecule has 1 aliphatic rings. The van der Waals surface area contributed by atoms with E-state index < -0.39 is 17.5 Å². The van der Waals surface area contributed by atoms with Crippen LogP contribution in [0.4, 0.5) is 0 Å². The zero-order valence-electron chi connectivity index (χ0n) is 8.08. The van der Waals surface area contributed by atoms with Crippen LogP contribution in [0.5, 0.6) is 0 Å². The van der Waals surface area contributed by atoms with E-state index in [9.17, 15) is 15.0 Å². The fourth-order valence-corrected chi connectivity index (χ4v) is 1.64. The van der Waals surface area contributed by atoms with E-state index in [2.05, 4.69) is 6.58 Å². The van der Waals surface area contributed by atoms with Crippen molar-refractivity contribution in [1.82, 2.24) is 0 Å². The predicted molar refractivity (Wildman–Crippen MR) is 49.2 cm³/mol. The Hall–Kier alpha value is -0.670. The standard InChI is InChI=1S/C10H16O3/c1-6(2)10(13)5-4-7(3)8(11)9(10)12/h7-8,11,13H,1,4-5H2,2-3H3. The first-order valence-corrected chi connectivity index (χ1v) is 4.50. The molecule has 1 aliphatic carbocycles. The third-order valence-electron chi connectivity index (χ3n) is 2.88. The number of carbonyl (C=O) groups excluding carboxylic acids is 1.